The van der Waals surface area contributed by atoms with Crippen LogP contribution in [0.2, 0.25) is 0 Å². The van der Waals surface area contributed by atoms with E-state index in [0.717, 1.165) is 18.9 Å². The summed E-state index contributed by atoms with van der Waals surface area (Å²) in [5.74, 6) is 1.98. The van der Waals surface area contributed by atoms with Crippen molar-refractivity contribution in [2.45, 2.75) is 25.3 Å². The van der Waals surface area contributed by atoms with Crippen molar-refractivity contribution in [3.05, 3.63) is 0 Å². The normalized spacial score (nSPS) is 44.0. The smallest absolute Gasteiger partial charge is 0.150 e. The van der Waals surface area contributed by atoms with Gasteiger partial charge in [0.2, 0.25) is 0 Å². The molecule has 4 atom stereocenters. The van der Waals surface area contributed by atoms with Crippen molar-refractivity contribution in [3.63, 3.8) is 0 Å². The lowest BCUT2D eigenvalue weighted by atomic mass is 9.93. The molecule has 0 aromatic carbocycles. The Morgan fingerprint density at radius 3 is 2.76 bits per heavy atom. The molecule has 0 amide bonds. The summed E-state index contributed by atoms with van der Waals surface area (Å²) < 4.78 is 22.8. The molecule has 5 heteroatoms. The summed E-state index contributed by atoms with van der Waals surface area (Å²) in [5, 5.41) is 3.64. The molecule has 4 nitrogen and oxygen atoms in total. The summed E-state index contributed by atoms with van der Waals surface area (Å²) in [4.78, 5) is 2.54. The molecule has 0 aromatic rings. The number of piperidine rings is 1. The zero-order chi connectivity index (χ0) is 11.9. The first-order valence-corrected chi connectivity index (χ1v) is 8.61. The molecule has 1 N–H and O–H groups in total. The van der Waals surface area contributed by atoms with Crippen molar-refractivity contribution >= 4 is 9.84 Å². The first-order chi connectivity index (χ1) is 8.12. The summed E-state index contributed by atoms with van der Waals surface area (Å²) in [6, 6.07) is 0.636. The molecule has 0 spiro atoms. The molecular weight excluding hydrogens is 236 g/mol. The van der Waals surface area contributed by atoms with Gasteiger partial charge >= 0.3 is 0 Å². The predicted molar refractivity (Wildman–Crippen MR) is 67.7 cm³/mol. The lowest BCUT2D eigenvalue weighted by Gasteiger charge is -2.31. The lowest BCUT2D eigenvalue weighted by molar-refractivity contribution is 0.217. The molecule has 3 aliphatic rings. The van der Waals surface area contributed by atoms with E-state index in [0.29, 0.717) is 23.5 Å². The number of hydrogen-bond acceptors (Lipinski definition) is 4. The van der Waals surface area contributed by atoms with Crippen molar-refractivity contribution in [1.82, 2.24) is 10.2 Å². The Balaban J connectivity index is 1.48. The lowest BCUT2D eigenvalue weighted by Crippen LogP contribution is -2.45. The van der Waals surface area contributed by atoms with E-state index in [1.165, 1.54) is 32.5 Å². The highest BCUT2D eigenvalue weighted by atomic mass is 32.2. The predicted octanol–water partition coefficient (Wildman–Crippen LogP) is 0.105. The first kappa shape index (κ1) is 11.9. The van der Waals surface area contributed by atoms with Gasteiger partial charge in [-0.3, -0.25) is 0 Å². The second kappa shape index (κ2) is 4.52. The van der Waals surface area contributed by atoms with E-state index in [-0.39, 0.29) is 0 Å². The fourth-order valence-corrected chi connectivity index (χ4v) is 5.43. The minimum atomic E-state index is -2.71. The summed E-state index contributed by atoms with van der Waals surface area (Å²) in [6.07, 6.45) is 3.42. The average Bonchev–Trinajstić information content (AvgIpc) is 2.82. The highest BCUT2D eigenvalue weighted by Crippen LogP contribution is 2.27. The zero-order valence-corrected chi connectivity index (χ0v) is 11.1. The molecule has 3 aliphatic heterocycles. The van der Waals surface area contributed by atoms with Gasteiger partial charge in [0.05, 0.1) is 11.5 Å². The Hall–Kier alpha value is -0.130. The van der Waals surface area contributed by atoms with Crippen LogP contribution in [0.5, 0.6) is 0 Å². The molecule has 0 radical (unpaired) electrons. The third-order valence-corrected chi connectivity index (χ3v) is 6.47. The second-order valence-electron chi connectivity index (χ2n) is 5.92. The summed E-state index contributed by atoms with van der Waals surface area (Å²) in [7, 11) is -2.71. The largest absolute Gasteiger partial charge is 0.313 e. The maximum absolute atomic E-state index is 11.4. The number of hydrogen-bond donors (Lipinski definition) is 1. The number of sulfone groups is 1. The molecule has 98 valence electrons. The Labute approximate surface area is 104 Å². The molecular formula is C12H22N2O2S. The molecule has 0 aliphatic carbocycles. The quantitative estimate of drug-likeness (QED) is 0.780. The van der Waals surface area contributed by atoms with E-state index < -0.39 is 9.84 Å². The van der Waals surface area contributed by atoms with Gasteiger partial charge in [0.1, 0.15) is 0 Å². The van der Waals surface area contributed by atoms with Crippen LogP contribution in [0.15, 0.2) is 0 Å². The van der Waals surface area contributed by atoms with Crippen molar-refractivity contribution < 1.29 is 8.42 Å². The van der Waals surface area contributed by atoms with Crippen LogP contribution in [0.3, 0.4) is 0 Å². The zero-order valence-electron chi connectivity index (χ0n) is 10.3. The Morgan fingerprint density at radius 2 is 2.00 bits per heavy atom. The van der Waals surface area contributed by atoms with E-state index in [1.54, 1.807) is 0 Å². The number of fused-ring (bicyclic) bond motifs is 2. The van der Waals surface area contributed by atoms with Gasteiger partial charge in [-0.25, -0.2) is 8.42 Å². The first-order valence-electron chi connectivity index (χ1n) is 6.78. The van der Waals surface area contributed by atoms with Gasteiger partial charge in [-0.05, 0) is 50.7 Å². The molecule has 0 saturated carbocycles. The number of nitrogens with zero attached hydrogens (tertiary/aromatic N) is 1. The maximum Gasteiger partial charge on any atom is 0.150 e. The number of nitrogens with one attached hydrogen (secondary N) is 1. The number of rotatable bonds is 3. The molecule has 3 saturated heterocycles. The van der Waals surface area contributed by atoms with Gasteiger partial charge in [-0.1, -0.05) is 0 Å². The van der Waals surface area contributed by atoms with E-state index in [9.17, 15) is 8.42 Å². The van der Waals surface area contributed by atoms with Crippen LogP contribution in [0.1, 0.15) is 19.3 Å². The minimum Gasteiger partial charge on any atom is -0.313 e. The van der Waals surface area contributed by atoms with Crippen molar-refractivity contribution in [2.75, 3.05) is 37.7 Å². The molecule has 2 bridgehead atoms. The molecule has 4 unspecified atom stereocenters. The van der Waals surface area contributed by atoms with E-state index in [1.807, 2.05) is 0 Å². The Kier molecular flexibility index (Phi) is 3.17. The summed E-state index contributed by atoms with van der Waals surface area (Å²) in [6.45, 7) is 4.64. The highest BCUT2D eigenvalue weighted by molar-refractivity contribution is 7.91. The third kappa shape index (κ3) is 2.66. The van der Waals surface area contributed by atoms with E-state index in [4.69, 9.17) is 0 Å². The Morgan fingerprint density at radius 1 is 1.18 bits per heavy atom. The molecule has 3 rings (SSSR count). The topological polar surface area (TPSA) is 49.4 Å². The van der Waals surface area contributed by atoms with Gasteiger partial charge in [-0.2, -0.15) is 0 Å². The van der Waals surface area contributed by atoms with E-state index >= 15 is 0 Å². The van der Waals surface area contributed by atoms with Crippen LogP contribution in [0, 0.1) is 11.8 Å². The fraction of sp³-hybridized carbons (Fsp3) is 1.00. The van der Waals surface area contributed by atoms with Crippen LogP contribution in [0.25, 0.3) is 0 Å². The van der Waals surface area contributed by atoms with Gasteiger partial charge < -0.3 is 10.2 Å². The van der Waals surface area contributed by atoms with Crippen LogP contribution in [-0.2, 0) is 9.84 Å². The average molecular weight is 258 g/mol. The van der Waals surface area contributed by atoms with Crippen LogP contribution >= 0.6 is 0 Å². The Bertz CT molecular complexity index is 382. The SMILES string of the molecule is O=S1(=O)CCC(CNC2CCN3CCC2C3)C1. The van der Waals surface area contributed by atoms with Gasteiger partial charge in [0.25, 0.3) is 0 Å². The van der Waals surface area contributed by atoms with Gasteiger partial charge in [0.15, 0.2) is 9.84 Å². The van der Waals surface area contributed by atoms with Gasteiger partial charge in [0, 0.05) is 12.6 Å². The monoisotopic (exact) mass is 258 g/mol. The van der Waals surface area contributed by atoms with Crippen molar-refractivity contribution in [1.29, 1.82) is 0 Å². The van der Waals surface area contributed by atoms with Crippen LogP contribution < -0.4 is 5.32 Å². The van der Waals surface area contributed by atoms with Crippen molar-refractivity contribution in [3.8, 4) is 0 Å². The standard InChI is InChI=1S/C12H22N2O2S/c15-17(16)6-3-10(9-17)7-13-12-2-5-14-4-1-11(12)8-14/h10-13H,1-9H2. The van der Waals surface area contributed by atoms with Crippen LogP contribution in [0.4, 0.5) is 0 Å². The minimum absolute atomic E-state index is 0.361. The maximum atomic E-state index is 11.4. The highest BCUT2D eigenvalue weighted by Gasteiger charge is 2.35. The summed E-state index contributed by atoms with van der Waals surface area (Å²) in [5.41, 5.74) is 0. The molecule has 3 fully saturated rings. The van der Waals surface area contributed by atoms with E-state index in [2.05, 4.69) is 10.2 Å². The molecule has 3 heterocycles. The van der Waals surface area contributed by atoms with Gasteiger partial charge in [-0.15, -0.1) is 0 Å². The second-order valence-corrected chi connectivity index (χ2v) is 8.15. The van der Waals surface area contributed by atoms with Crippen LogP contribution in [-0.4, -0.2) is 57.0 Å². The summed E-state index contributed by atoms with van der Waals surface area (Å²) >= 11 is 0. The third-order valence-electron chi connectivity index (χ3n) is 4.63. The molecule has 17 heavy (non-hydrogen) atoms. The molecule has 0 aromatic heterocycles. The van der Waals surface area contributed by atoms with Crippen molar-refractivity contribution in [2.24, 2.45) is 11.8 Å². The fourth-order valence-electron chi connectivity index (χ4n) is 3.57.